The second-order valence-electron chi connectivity index (χ2n) is 3.46. The molecule has 1 aliphatic rings. The highest BCUT2D eigenvalue weighted by Crippen LogP contribution is 2.23. The molecule has 0 spiro atoms. The van der Waals surface area contributed by atoms with Crippen molar-refractivity contribution in [1.29, 1.82) is 0 Å². The Morgan fingerprint density at radius 3 is 2.85 bits per heavy atom. The first kappa shape index (κ1) is 10.5. The van der Waals surface area contributed by atoms with Crippen LogP contribution in [0.2, 0.25) is 0 Å². The molecular formula is C10H14BrNO. The van der Waals surface area contributed by atoms with Crippen LogP contribution in [0.3, 0.4) is 0 Å². The van der Waals surface area contributed by atoms with E-state index in [9.17, 15) is 5.11 Å². The average Bonchev–Trinajstić information content (AvgIpc) is 2.03. The molecular weight excluding hydrogens is 230 g/mol. The summed E-state index contributed by atoms with van der Waals surface area (Å²) in [7, 11) is 0. The molecule has 1 atom stereocenters. The lowest BCUT2D eigenvalue weighted by molar-refractivity contribution is 0.472. The van der Waals surface area contributed by atoms with Crippen LogP contribution in [-0.2, 0) is 12.8 Å². The molecule has 1 aliphatic carbocycles. The van der Waals surface area contributed by atoms with Crippen LogP contribution in [0, 0.1) is 0 Å². The Labute approximate surface area is 88.5 Å². The van der Waals surface area contributed by atoms with Crippen molar-refractivity contribution in [2.75, 3.05) is 0 Å². The van der Waals surface area contributed by atoms with E-state index in [2.05, 4.69) is 0 Å². The van der Waals surface area contributed by atoms with Crippen LogP contribution < -0.4 is 5.73 Å². The molecule has 1 aromatic carbocycles. The van der Waals surface area contributed by atoms with Gasteiger partial charge in [-0.3, -0.25) is 0 Å². The molecule has 0 amide bonds. The first-order valence-electron chi connectivity index (χ1n) is 4.32. The topological polar surface area (TPSA) is 46.2 Å². The number of fused-ring (bicyclic) bond motifs is 1. The summed E-state index contributed by atoms with van der Waals surface area (Å²) in [5.41, 5.74) is 8.38. The highest BCUT2D eigenvalue weighted by molar-refractivity contribution is 8.93. The van der Waals surface area contributed by atoms with E-state index in [1.54, 1.807) is 6.07 Å². The third kappa shape index (κ3) is 2.23. The Hall–Kier alpha value is -0.540. The second kappa shape index (κ2) is 4.11. The summed E-state index contributed by atoms with van der Waals surface area (Å²) < 4.78 is 0. The molecule has 0 radical (unpaired) electrons. The zero-order chi connectivity index (χ0) is 8.55. The number of phenols is 1. The van der Waals surface area contributed by atoms with E-state index in [0.717, 1.165) is 19.3 Å². The van der Waals surface area contributed by atoms with Crippen LogP contribution in [0.5, 0.6) is 5.75 Å². The first-order chi connectivity index (χ1) is 5.75. The minimum atomic E-state index is 0. The van der Waals surface area contributed by atoms with Crippen LogP contribution in [0.25, 0.3) is 0 Å². The molecule has 0 heterocycles. The number of halogens is 1. The first-order valence-corrected chi connectivity index (χ1v) is 4.32. The lowest BCUT2D eigenvalue weighted by Gasteiger charge is -2.21. The van der Waals surface area contributed by atoms with Gasteiger partial charge in [0, 0.05) is 6.04 Å². The number of benzene rings is 1. The van der Waals surface area contributed by atoms with E-state index in [1.807, 2.05) is 12.1 Å². The van der Waals surface area contributed by atoms with Crippen LogP contribution in [0.15, 0.2) is 18.2 Å². The van der Waals surface area contributed by atoms with Crippen LogP contribution >= 0.6 is 17.0 Å². The summed E-state index contributed by atoms with van der Waals surface area (Å²) >= 11 is 0. The van der Waals surface area contributed by atoms with E-state index in [0.29, 0.717) is 5.75 Å². The van der Waals surface area contributed by atoms with Crippen molar-refractivity contribution < 1.29 is 5.11 Å². The van der Waals surface area contributed by atoms with Gasteiger partial charge in [0.15, 0.2) is 0 Å². The summed E-state index contributed by atoms with van der Waals surface area (Å²) in [5.74, 6) is 0.350. The molecule has 0 aliphatic heterocycles. The van der Waals surface area contributed by atoms with Gasteiger partial charge < -0.3 is 10.8 Å². The van der Waals surface area contributed by atoms with Gasteiger partial charge in [-0.25, -0.2) is 0 Å². The minimum absolute atomic E-state index is 0. The van der Waals surface area contributed by atoms with Gasteiger partial charge in [0.25, 0.3) is 0 Å². The van der Waals surface area contributed by atoms with Gasteiger partial charge in [0.2, 0.25) is 0 Å². The molecule has 0 unspecified atom stereocenters. The van der Waals surface area contributed by atoms with Crippen molar-refractivity contribution in [3.8, 4) is 5.75 Å². The van der Waals surface area contributed by atoms with Crippen LogP contribution in [-0.4, -0.2) is 11.1 Å². The Balaban J connectivity index is 0.000000845. The molecule has 1 aromatic rings. The van der Waals surface area contributed by atoms with Gasteiger partial charge in [0.05, 0.1) is 0 Å². The quantitative estimate of drug-likeness (QED) is 0.730. The predicted molar refractivity (Wildman–Crippen MR) is 58.4 cm³/mol. The number of rotatable bonds is 0. The molecule has 0 saturated carbocycles. The van der Waals surface area contributed by atoms with Crippen molar-refractivity contribution in [2.24, 2.45) is 5.73 Å². The lowest BCUT2D eigenvalue weighted by Crippen LogP contribution is -2.27. The number of phenolic OH excluding ortho intramolecular Hbond substituents is 1. The Morgan fingerprint density at radius 1 is 1.31 bits per heavy atom. The molecule has 0 aromatic heterocycles. The van der Waals surface area contributed by atoms with Crippen molar-refractivity contribution in [3.05, 3.63) is 29.3 Å². The van der Waals surface area contributed by atoms with Crippen LogP contribution in [0.4, 0.5) is 0 Å². The molecule has 0 fully saturated rings. The molecule has 2 nitrogen and oxygen atoms in total. The normalized spacial score (nSPS) is 20.2. The maximum Gasteiger partial charge on any atom is 0.115 e. The van der Waals surface area contributed by atoms with Gasteiger partial charge in [-0.1, -0.05) is 6.07 Å². The highest BCUT2D eigenvalue weighted by atomic mass is 79.9. The van der Waals surface area contributed by atoms with Gasteiger partial charge in [-0.2, -0.15) is 0 Å². The second-order valence-corrected chi connectivity index (χ2v) is 3.46. The van der Waals surface area contributed by atoms with E-state index >= 15 is 0 Å². The fourth-order valence-corrected chi connectivity index (χ4v) is 1.77. The third-order valence-corrected chi connectivity index (χ3v) is 2.46. The maximum absolute atomic E-state index is 9.23. The number of nitrogens with two attached hydrogens (primary N) is 1. The van der Waals surface area contributed by atoms with Gasteiger partial charge in [0.1, 0.15) is 5.75 Å². The maximum atomic E-state index is 9.23. The Morgan fingerprint density at radius 2 is 2.08 bits per heavy atom. The van der Waals surface area contributed by atoms with E-state index in [1.165, 1.54) is 11.1 Å². The largest absolute Gasteiger partial charge is 0.508 e. The van der Waals surface area contributed by atoms with Gasteiger partial charge in [-0.15, -0.1) is 17.0 Å². The fourth-order valence-electron chi connectivity index (χ4n) is 1.77. The van der Waals surface area contributed by atoms with Crippen molar-refractivity contribution in [1.82, 2.24) is 0 Å². The molecule has 3 heteroatoms. The summed E-state index contributed by atoms with van der Waals surface area (Å²) in [6.07, 6.45) is 3.03. The standard InChI is InChI=1S/C10H13NO.BrH/c11-9-3-1-7-2-4-10(12)6-8(7)5-9;/h2,4,6,9,12H,1,3,5,11H2;1H/t9-;/m1./s1. The average molecular weight is 244 g/mol. The third-order valence-electron chi connectivity index (χ3n) is 2.46. The molecule has 3 N–H and O–H groups in total. The van der Waals surface area contributed by atoms with E-state index in [-0.39, 0.29) is 23.0 Å². The van der Waals surface area contributed by atoms with Gasteiger partial charge in [-0.05, 0) is 42.5 Å². The van der Waals surface area contributed by atoms with Crippen molar-refractivity contribution in [2.45, 2.75) is 25.3 Å². The lowest BCUT2D eigenvalue weighted by atomic mass is 9.89. The molecule has 0 saturated heterocycles. The summed E-state index contributed by atoms with van der Waals surface area (Å²) in [6, 6.07) is 5.85. The number of hydrogen-bond acceptors (Lipinski definition) is 2. The number of hydrogen-bond donors (Lipinski definition) is 2. The highest BCUT2D eigenvalue weighted by Gasteiger charge is 2.14. The van der Waals surface area contributed by atoms with Crippen molar-refractivity contribution in [3.63, 3.8) is 0 Å². The minimum Gasteiger partial charge on any atom is -0.508 e. The zero-order valence-electron chi connectivity index (χ0n) is 7.36. The predicted octanol–water partition coefficient (Wildman–Crippen LogP) is 1.79. The molecule has 2 rings (SSSR count). The monoisotopic (exact) mass is 243 g/mol. The number of aromatic hydroxyl groups is 1. The van der Waals surface area contributed by atoms with Crippen LogP contribution in [0.1, 0.15) is 17.5 Å². The summed E-state index contributed by atoms with van der Waals surface area (Å²) in [4.78, 5) is 0. The fraction of sp³-hybridized carbons (Fsp3) is 0.400. The SMILES string of the molecule is Br.N[C@@H]1CCc2ccc(O)cc2C1. The smallest absolute Gasteiger partial charge is 0.115 e. The van der Waals surface area contributed by atoms with E-state index in [4.69, 9.17) is 5.73 Å². The molecule has 72 valence electrons. The molecule has 0 bridgehead atoms. The van der Waals surface area contributed by atoms with E-state index < -0.39 is 0 Å². The Kier molecular flexibility index (Phi) is 3.33. The summed E-state index contributed by atoms with van der Waals surface area (Å²) in [6.45, 7) is 0. The number of aryl methyl sites for hydroxylation is 1. The summed E-state index contributed by atoms with van der Waals surface area (Å²) in [5, 5.41) is 9.23. The molecule has 13 heavy (non-hydrogen) atoms. The zero-order valence-corrected chi connectivity index (χ0v) is 9.08. The van der Waals surface area contributed by atoms with Crippen molar-refractivity contribution >= 4 is 17.0 Å². The Bertz CT molecular complexity index is 301. The van der Waals surface area contributed by atoms with Gasteiger partial charge >= 0.3 is 0 Å².